The van der Waals surface area contributed by atoms with E-state index in [4.69, 9.17) is 0 Å². The molecule has 47 valence electrons. The highest BCUT2D eigenvalue weighted by atomic mass is 32.1. The molecule has 1 aromatic heterocycles. The Labute approximate surface area is 58.7 Å². The summed E-state index contributed by atoms with van der Waals surface area (Å²) in [5.74, 6) is 0. The molecule has 2 heterocycles. The largest absolute Gasteiger partial charge is 0.233 e. The van der Waals surface area contributed by atoms with Crippen molar-refractivity contribution >= 4 is 11.3 Å². The Morgan fingerprint density at radius 3 is 3.00 bits per heavy atom. The van der Waals surface area contributed by atoms with Crippen LogP contribution >= 0.6 is 11.3 Å². The van der Waals surface area contributed by atoms with Crippen molar-refractivity contribution < 1.29 is 0 Å². The minimum absolute atomic E-state index is 0.560. The molecular formula is C7H8NS. The molecule has 2 heteroatoms. The van der Waals surface area contributed by atoms with E-state index in [1.807, 2.05) is 11.3 Å². The van der Waals surface area contributed by atoms with Crippen LogP contribution in [-0.4, -0.2) is 6.54 Å². The molecule has 1 saturated heterocycles. The highest BCUT2D eigenvalue weighted by Gasteiger charge is 2.20. The van der Waals surface area contributed by atoms with E-state index in [0.717, 1.165) is 6.54 Å². The fourth-order valence-corrected chi connectivity index (χ4v) is 1.79. The summed E-state index contributed by atoms with van der Waals surface area (Å²) in [6.07, 6.45) is 1.26. The summed E-state index contributed by atoms with van der Waals surface area (Å²) in [5, 5.41) is 6.44. The second kappa shape index (κ2) is 2.12. The molecule has 1 atom stereocenters. The van der Waals surface area contributed by atoms with Crippen LogP contribution in [-0.2, 0) is 0 Å². The molecule has 0 amide bonds. The van der Waals surface area contributed by atoms with Crippen LogP contribution in [0.2, 0.25) is 0 Å². The van der Waals surface area contributed by atoms with Crippen molar-refractivity contribution in [2.24, 2.45) is 0 Å². The van der Waals surface area contributed by atoms with Gasteiger partial charge in [0.15, 0.2) is 0 Å². The Morgan fingerprint density at radius 2 is 2.56 bits per heavy atom. The van der Waals surface area contributed by atoms with E-state index in [9.17, 15) is 0 Å². The summed E-state index contributed by atoms with van der Waals surface area (Å²) in [6.45, 7) is 1.07. The predicted molar refractivity (Wildman–Crippen MR) is 38.7 cm³/mol. The highest BCUT2D eigenvalue weighted by molar-refractivity contribution is 7.10. The molecule has 2 rings (SSSR count). The monoisotopic (exact) mass is 138 g/mol. The lowest BCUT2D eigenvalue weighted by molar-refractivity contribution is 0.377. The maximum Gasteiger partial charge on any atom is 0.0601 e. The zero-order chi connectivity index (χ0) is 6.10. The minimum atomic E-state index is 0.560. The topological polar surface area (TPSA) is 14.1 Å². The van der Waals surface area contributed by atoms with Gasteiger partial charge in [-0.05, 0) is 17.9 Å². The average molecular weight is 138 g/mol. The third kappa shape index (κ3) is 0.884. The zero-order valence-corrected chi connectivity index (χ0v) is 5.90. The van der Waals surface area contributed by atoms with Gasteiger partial charge in [0.1, 0.15) is 0 Å². The lowest BCUT2D eigenvalue weighted by Gasteiger charge is -2.23. The maximum atomic E-state index is 4.32. The molecule has 0 N–H and O–H groups in total. The second-order valence-corrected chi connectivity index (χ2v) is 3.21. The van der Waals surface area contributed by atoms with Gasteiger partial charge < -0.3 is 0 Å². The molecule has 1 unspecified atom stereocenters. The van der Waals surface area contributed by atoms with Crippen LogP contribution in [0.4, 0.5) is 0 Å². The van der Waals surface area contributed by atoms with E-state index >= 15 is 0 Å². The van der Waals surface area contributed by atoms with Crippen LogP contribution in [0.25, 0.3) is 0 Å². The summed E-state index contributed by atoms with van der Waals surface area (Å²) >= 11 is 1.81. The van der Waals surface area contributed by atoms with E-state index < -0.39 is 0 Å². The van der Waals surface area contributed by atoms with Gasteiger partial charge in [0.2, 0.25) is 0 Å². The van der Waals surface area contributed by atoms with Gasteiger partial charge in [-0.2, -0.15) is 0 Å². The van der Waals surface area contributed by atoms with Gasteiger partial charge >= 0.3 is 0 Å². The van der Waals surface area contributed by atoms with Crippen LogP contribution in [0.1, 0.15) is 17.3 Å². The van der Waals surface area contributed by atoms with Gasteiger partial charge in [-0.3, -0.25) is 0 Å². The molecule has 0 spiro atoms. The van der Waals surface area contributed by atoms with Crippen molar-refractivity contribution in [1.82, 2.24) is 5.32 Å². The van der Waals surface area contributed by atoms with Crippen LogP contribution in [0.15, 0.2) is 17.5 Å². The SMILES string of the molecule is c1csc(C2CC[N]2)c1. The molecule has 0 aliphatic carbocycles. The summed E-state index contributed by atoms with van der Waals surface area (Å²) in [4.78, 5) is 1.43. The fraction of sp³-hybridized carbons (Fsp3) is 0.429. The van der Waals surface area contributed by atoms with Gasteiger partial charge in [-0.1, -0.05) is 6.07 Å². The van der Waals surface area contributed by atoms with Crippen LogP contribution in [0, 0.1) is 0 Å². The van der Waals surface area contributed by atoms with Crippen molar-refractivity contribution in [3.63, 3.8) is 0 Å². The van der Waals surface area contributed by atoms with E-state index in [0.29, 0.717) is 6.04 Å². The van der Waals surface area contributed by atoms with Gasteiger partial charge in [-0.15, -0.1) is 11.3 Å². The Hall–Kier alpha value is -0.340. The Balaban J connectivity index is 2.14. The molecular weight excluding hydrogens is 130 g/mol. The number of hydrogen-bond acceptors (Lipinski definition) is 1. The molecule has 1 radical (unpaired) electrons. The number of hydrogen-bond donors (Lipinski definition) is 0. The minimum Gasteiger partial charge on any atom is -0.233 e. The maximum absolute atomic E-state index is 4.32. The molecule has 1 nitrogen and oxygen atoms in total. The molecule has 0 aromatic carbocycles. The molecule has 1 fully saturated rings. The molecule has 9 heavy (non-hydrogen) atoms. The van der Waals surface area contributed by atoms with Gasteiger partial charge in [0.25, 0.3) is 0 Å². The smallest absolute Gasteiger partial charge is 0.0601 e. The quantitative estimate of drug-likeness (QED) is 0.562. The van der Waals surface area contributed by atoms with Crippen molar-refractivity contribution in [1.29, 1.82) is 0 Å². The van der Waals surface area contributed by atoms with Crippen molar-refractivity contribution in [3.8, 4) is 0 Å². The van der Waals surface area contributed by atoms with Crippen LogP contribution in [0.5, 0.6) is 0 Å². The van der Waals surface area contributed by atoms with E-state index in [-0.39, 0.29) is 0 Å². The third-order valence-corrected chi connectivity index (χ3v) is 2.60. The first-order valence-electron chi connectivity index (χ1n) is 3.17. The molecule has 0 bridgehead atoms. The van der Waals surface area contributed by atoms with Crippen molar-refractivity contribution in [2.75, 3.05) is 6.54 Å². The van der Waals surface area contributed by atoms with Gasteiger partial charge in [-0.25, -0.2) is 5.32 Å². The molecule has 1 aliphatic heterocycles. The van der Waals surface area contributed by atoms with Crippen LogP contribution in [0.3, 0.4) is 0 Å². The predicted octanol–water partition coefficient (Wildman–Crippen LogP) is 1.80. The third-order valence-electron chi connectivity index (χ3n) is 1.62. The lowest BCUT2D eigenvalue weighted by Crippen LogP contribution is -2.27. The Kier molecular flexibility index (Phi) is 1.28. The molecule has 0 saturated carbocycles. The Bertz CT molecular complexity index is 177. The van der Waals surface area contributed by atoms with Crippen molar-refractivity contribution in [3.05, 3.63) is 22.4 Å². The lowest BCUT2D eigenvalue weighted by atomic mass is 10.1. The normalized spacial score (nSPS) is 25.6. The van der Waals surface area contributed by atoms with Crippen LogP contribution < -0.4 is 5.32 Å². The van der Waals surface area contributed by atoms with Gasteiger partial charge in [0.05, 0.1) is 6.04 Å². The van der Waals surface area contributed by atoms with Gasteiger partial charge in [0, 0.05) is 11.4 Å². The summed E-state index contributed by atoms with van der Waals surface area (Å²) < 4.78 is 0. The fourth-order valence-electron chi connectivity index (χ4n) is 0.971. The number of thiophene rings is 1. The molecule has 1 aromatic rings. The standard InChI is InChI=1S/C7H8NS/c1-2-7(9-5-1)6-3-4-8-6/h1-2,5-6H,3-4H2. The summed E-state index contributed by atoms with van der Waals surface area (Å²) in [6, 6.07) is 4.82. The van der Waals surface area contributed by atoms with Crippen molar-refractivity contribution in [2.45, 2.75) is 12.5 Å². The average Bonchev–Trinajstić information content (AvgIpc) is 2.11. The zero-order valence-electron chi connectivity index (χ0n) is 5.08. The summed E-state index contributed by atoms with van der Waals surface area (Å²) in [5.41, 5.74) is 0. The first-order chi connectivity index (χ1) is 4.47. The second-order valence-electron chi connectivity index (χ2n) is 2.23. The first-order valence-corrected chi connectivity index (χ1v) is 4.05. The number of rotatable bonds is 1. The highest BCUT2D eigenvalue weighted by Crippen LogP contribution is 2.27. The number of nitrogens with zero attached hydrogens (tertiary/aromatic N) is 1. The summed E-state index contributed by atoms with van der Waals surface area (Å²) in [7, 11) is 0. The Morgan fingerprint density at radius 1 is 1.67 bits per heavy atom. The van der Waals surface area contributed by atoms with E-state index in [1.54, 1.807) is 0 Å². The van der Waals surface area contributed by atoms with E-state index in [1.165, 1.54) is 11.3 Å². The molecule has 1 aliphatic rings. The first kappa shape index (κ1) is 5.45. The van der Waals surface area contributed by atoms with E-state index in [2.05, 4.69) is 22.8 Å².